The van der Waals surface area contributed by atoms with E-state index in [1.54, 1.807) is 23.5 Å². The number of thioether (sulfide) groups is 2. The highest BCUT2D eigenvalue weighted by atomic mass is 32.2. The fourth-order valence-electron chi connectivity index (χ4n) is 1.67. The summed E-state index contributed by atoms with van der Waals surface area (Å²) < 4.78 is 0. The summed E-state index contributed by atoms with van der Waals surface area (Å²) in [5, 5.41) is 12.7. The second-order valence-corrected chi connectivity index (χ2v) is 7.01. The monoisotopic (exact) mass is 316 g/mol. The van der Waals surface area contributed by atoms with Crippen LogP contribution in [0.25, 0.3) is 0 Å². The average molecular weight is 316 g/mol. The Morgan fingerprint density at radius 1 is 1.00 bits per heavy atom. The number of hydrogen-bond acceptors (Lipinski definition) is 3. The summed E-state index contributed by atoms with van der Waals surface area (Å²) in [4.78, 5) is 3.30. The standard InChI is InChI=1S/C18H20OS2/c1-3-18(2,19)17(21-16-12-8-5-9-13-16)14-20-15-10-6-4-7-11-15/h4-14,19H,3H2,1-2H3/b17-14-. The molecular formula is C18H20OS2. The predicted octanol–water partition coefficient (Wildman–Crippen LogP) is 5.57. The van der Waals surface area contributed by atoms with Crippen molar-refractivity contribution in [1.29, 1.82) is 0 Å². The minimum absolute atomic E-state index is 0.689. The maximum atomic E-state index is 10.6. The third-order valence-corrected chi connectivity index (χ3v) is 5.57. The van der Waals surface area contributed by atoms with E-state index in [2.05, 4.69) is 29.7 Å². The van der Waals surface area contributed by atoms with Gasteiger partial charge >= 0.3 is 0 Å². The first kappa shape index (κ1) is 16.2. The number of aliphatic hydroxyl groups is 1. The van der Waals surface area contributed by atoms with E-state index in [1.807, 2.05) is 50.2 Å². The fraction of sp³-hybridized carbons (Fsp3) is 0.222. The molecule has 2 aromatic rings. The highest BCUT2D eigenvalue weighted by Crippen LogP contribution is 2.38. The summed E-state index contributed by atoms with van der Waals surface area (Å²) in [5.41, 5.74) is -0.803. The smallest absolute Gasteiger partial charge is 0.0932 e. The maximum absolute atomic E-state index is 10.6. The Bertz CT molecular complexity index is 577. The first-order valence-electron chi connectivity index (χ1n) is 6.99. The van der Waals surface area contributed by atoms with Crippen LogP contribution in [-0.2, 0) is 0 Å². The summed E-state index contributed by atoms with van der Waals surface area (Å²) in [6.45, 7) is 3.88. The van der Waals surface area contributed by atoms with Gasteiger partial charge in [0.2, 0.25) is 0 Å². The number of benzene rings is 2. The van der Waals surface area contributed by atoms with Gasteiger partial charge in [-0.15, -0.1) is 0 Å². The van der Waals surface area contributed by atoms with Crippen molar-refractivity contribution in [2.24, 2.45) is 0 Å². The van der Waals surface area contributed by atoms with E-state index in [-0.39, 0.29) is 0 Å². The van der Waals surface area contributed by atoms with Gasteiger partial charge in [0.05, 0.1) is 5.60 Å². The van der Waals surface area contributed by atoms with E-state index in [1.165, 1.54) is 4.90 Å². The molecule has 1 atom stereocenters. The van der Waals surface area contributed by atoms with Gasteiger partial charge in [-0.3, -0.25) is 0 Å². The molecule has 0 aromatic heterocycles. The molecule has 0 saturated heterocycles. The number of hydrogen-bond donors (Lipinski definition) is 1. The summed E-state index contributed by atoms with van der Waals surface area (Å²) in [6, 6.07) is 20.4. The SMILES string of the molecule is CCC(C)(O)/C(=C/Sc1ccccc1)Sc1ccccc1. The molecule has 21 heavy (non-hydrogen) atoms. The lowest BCUT2D eigenvalue weighted by molar-refractivity contribution is 0.104. The molecule has 0 saturated carbocycles. The van der Waals surface area contributed by atoms with E-state index in [4.69, 9.17) is 0 Å². The van der Waals surface area contributed by atoms with Crippen molar-refractivity contribution in [3.8, 4) is 0 Å². The van der Waals surface area contributed by atoms with Gasteiger partial charge in [0.1, 0.15) is 0 Å². The van der Waals surface area contributed by atoms with Crippen molar-refractivity contribution in [2.75, 3.05) is 0 Å². The second-order valence-electron chi connectivity index (χ2n) is 4.96. The lowest BCUT2D eigenvalue weighted by Gasteiger charge is -2.24. The maximum Gasteiger partial charge on any atom is 0.0932 e. The van der Waals surface area contributed by atoms with Crippen LogP contribution in [0, 0.1) is 0 Å². The molecule has 0 bridgehead atoms. The summed E-state index contributed by atoms with van der Waals surface area (Å²) in [5.74, 6) is 0. The fourth-order valence-corrected chi connectivity index (χ4v) is 3.73. The lowest BCUT2D eigenvalue weighted by Crippen LogP contribution is -2.23. The van der Waals surface area contributed by atoms with Crippen LogP contribution in [0.4, 0.5) is 0 Å². The zero-order valence-electron chi connectivity index (χ0n) is 12.3. The first-order valence-corrected chi connectivity index (χ1v) is 8.69. The summed E-state index contributed by atoms with van der Waals surface area (Å²) in [6.07, 6.45) is 0.689. The van der Waals surface area contributed by atoms with Crippen LogP contribution in [0.2, 0.25) is 0 Å². The van der Waals surface area contributed by atoms with Crippen molar-refractivity contribution >= 4 is 23.5 Å². The van der Waals surface area contributed by atoms with Gasteiger partial charge in [-0.05, 0) is 43.0 Å². The molecule has 0 spiro atoms. The number of rotatable bonds is 6. The molecule has 0 aliphatic carbocycles. The zero-order valence-corrected chi connectivity index (χ0v) is 14.0. The third kappa shape index (κ3) is 4.95. The molecule has 2 rings (SSSR count). The van der Waals surface area contributed by atoms with Gasteiger partial charge in [0.25, 0.3) is 0 Å². The Morgan fingerprint density at radius 3 is 2.05 bits per heavy atom. The molecule has 0 aliphatic rings. The van der Waals surface area contributed by atoms with E-state index >= 15 is 0 Å². The Morgan fingerprint density at radius 2 is 1.52 bits per heavy atom. The summed E-state index contributed by atoms with van der Waals surface area (Å²) in [7, 11) is 0. The molecule has 1 nitrogen and oxygen atoms in total. The van der Waals surface area contributed by atoms with Crippen molar-refractivity contribution in [1.82, 2.24) is 0 Å². The Kier molecular flexibility index (Phi) is 5.97. The molecule has 0 fully saturated rings. The van der Waals surface area contributed by atoms with E-state index < -0.39 is 5.60 Å². The Hall–Kier alpha value is -1.16. The van der Waals surface area contributed by atoms with E-state index in [0.29, 0.717) is 6.42 Å². The quantitative estimate of drug-likeness (QED) is 0.703. The van der Waals surface area contributed by atoms with Crippen LogP contribution in [0.15, 0.2) is 80.8 Å². The van der Waals surface area contributed by atoms with Gasteiger partial charge in [-0.1, -0.05) is 66.8 Å². The summed E-state index contributed by atoms with van der Waals surface area (Å²) >= 11 is 3.28. The van der Waals surface area contributed by atoms with Crippen LogP contribution in [0.1, 0.15) is 20.3 Å². The zero-order chi connectivity index (χ0) is 15.1. The molecule has 0 aliphatic heterocycles. The molecular weight excluding hydrogens is 296 g/mol. The van der Waals surface area contributed by atoms with Crippen molar-refractivity contribution in [2.45, 2.75) is 35.7 Å². The minimum atomic E-state index is -0.803. The Labute approximate surface area is 135 Å². The molecule has 3 heteroatoms. The third-order valence-electron chi connectivity index (χ3n) is 3.24. The van der Waals surface area contributed by atoms with Crippen molar-refractivity contribution in [3.63, 3.8) is 0 Å². The molecule has 0 amide bonds. The molecule has 1 unspecified atom stereocenters. The van der Waals surface area contributed by atoms with Crippen LogP contribution in [0.5, 0.6) is 0 Å². The highest BCUT2D eigenvalue weighted by molar-refractivity contribution is 8.06. The van der Waals surface area contributed by atoms with Gasteiger partial charge in [-0.25, -0.2) is 0 Å². The molecule has 0 radical (unpaired) electrons. The lowest BCUT2D eigenvalue weighted by atomic mass is 10.0. The van der Waals surface area contributed by atoms with E-state index in [9.17, 15) is 5.11 Å². The molecule has 1 N–H and O–H groups in total. The minimum Gasteiger partial charge on any atom is -0.385 e. The Balaban J connectivity index is 2.20. The molecule has 0 heterocycles. The predicted molar refractivity (Wildman–Crippen MR) is 93.6 cm³/mol. The molecule has 2 aromatic carbocycles. The van der Waals surface area contributed by atoms with Crippen LogP contribution < -0.4 is 0 Å². The molecule has 110 valence electrons. The van der Waals surface area contributed by atoms with Crippen molar-refractivity contribution < 1.29 is 5.11 Å². The normalized spacial score (nSPS) is 14.7. The average Bonchev–Trinajstić information content (AvgIpc) is 2.53. The highest BCUT2D eigenvalue weighted by Gasteiger charge is 2.24. The van der Waals surface area contributed by atoms with Crippen molar-refractivity contribution in [3.05, 3.63) is 71.0 Å². The van der Waals surface area contributed by atoms with Gasteiger partial charge in [0, 0.05) is 14.7 Å². The topological polar surface area (TPSA) is 20.2 Å². The van der Waals surface area contributed by atoms with Crippen LogP contribution >= 0.6 is 23.5 Å². The van der Waals surface area contributed by atoms with Gasteiger partial charge < -0.3 is 5.11 Å². The van der Waals surface area contributed by atoms with Crippen LogP contribution in [0.3, 0.4) is 0 Å². The van der Waals surface area contributed by atoms with E-state index in [0.717, 1.165) is 9.80 Å². The second kappa shape index (κ2) is 7.74. The first-order chi connectivity index (χ1) is 10.1. The largest absolute Gasteiger partial charge is 0.385 e. The van der Waals surface area contributed by atoms with Crippen LogP contribution in [-0.4, -0.2) is 10.7 Å². The van der Waals surface area contributed by atoms with Gasteiger partial charge in [-0.2, -0.15) is 0 Å². The van der Waals surface area contributed by atoms with Gasteiger partial charge in [0.15, 0.2) is 0 Å².